The van der Waals surface area contributed by atoms with Gasteiger partial charge in [-0.2, -0.15) is 0 Å². The molecule has 0 aromatic heterocycles. The number of ether oxygens (including phenoxy) is 1. The number of aromatic carboxylic acids is 1. The van der Waals surface area contributed by atoms with E-state index in [4.69, 9.17) is 4.74 Å². The molecule has 1 unspecified atom stereocenters. The first-order valence-electron chi connectivity index (χ1n) is 11.4. The molecule has 1 fully saturated rings. The van der Waals surface area contributed by atoms with Crippen LogP contribution in [-0.2, 0) is 6.42 Å². The number of carboxylic acids is 1. The van der Waals surface area contributed by atoms with E-state index in [0.717, 1.165) is 44.1 Å². The Bertz CT molecular complexity index is 771. The maximum Gasteiger partial charge on any atom is 0.336 e. The summed E-state index contributed by atoms with van der Waals surface area (Å²) in [6.07, 6.45) is 9.13. The van der Waals surface area contributed by atoms with E-state index in [1.807, 2.05) is 18.2 Å². The number of aryl methyl sites for hydroxylation is 1. The van der Waals surface area contributed by atoms with Crippen LogP contribution in [0.2, 0.25) is 0 Å². The zero-order valence-corrected chi connectivity index (χ0v) is 18.4. The molecule has 1 saturated carbocycles. The molecule has 2 aliphatic rings. The number of carboxylic acid groups (broad SMARTS) is 1. The number of benzene rings is 1. The molecule has 1 aliphatic carbocycles. The Labute approximate surface area is 179 Å². The average Bonchev–Trinajstić information content (AvgIpc) is 2.88. The first-order chi connectivity index (χ1) is 14.4. The fourth-order valence-corrected chi connectivity index (χ4v) is 5.18. The Hall–Kier alpha value is -1.85. The molecular formula is C25H36O5. The third-order valence-corrected chi connectivity index (χ3v) is 7.09. The van der Waals surface area contributed by atoms with E-state index in [2.05, 4.69) is 13.8 Å². The second-order valence-electron chi connectivity index (χ2n) is 8.96. The summed E-state index contributed by atoms with van der Waals surface area (Å²) in [7, 11) is 0. The number of unbranched alkanes of at least 4 members (excludes halogenated alkanes) is 1. The van der Waals surface area contributed by atoms with E-state index in [9.17, 15) is 20.1 Å². The van der Waals surface area contributed by atoms with Crippen molar-refractivity contribution in [2.75, 3.05) is 0 Å². The Kier molecular flexibility index (Phi) is 7.59. The molecule has 5 heteroatoms. The zero-order valence-electron chi connectivity index (χ0n) is 18.4. The molecule has 1 aromatic carbocycles. The van der Waals surface area contributed by atoms with Crippen LogP contribution in [0.5, 0.6) is 5.75 Å². The first kappa shape index (κ1) is 22.8. The van der Waals surface area contributed by atoms with Crippen LogP contribution in [-0.4, -0.2) is 39.6 Å². The summed E-state index contributed by atoms with van der Waals surface area (Å²) in [6.45, 7) is 6.07. The minimum Gasteiger partial charge on any atom is -0.489 e. The highest BCUT2D eigenvalue weighted by atomic mass is 16.5. The van der Waals surface area contributed by atoms with Gasteiger partial charge in [-0.05, 0) is 43.7 Å². The van der Waals surface area contributed by atoms with Crippen molar-refractivity contribution in [2.45, 2.75) is 84.0 Å². The lowest BCUT2D eigenvalue weighted by Crippen LogP contribution is -2.25. The van der Waals surface area contributed by atoms with E-state index in [1.165, 1.54) is 0 Å². The minimum absolute atomic E-state index is 0.0538. The van der Waals surface area contributed by atoms with Crippen LogP contribution < -0.4 is 4.74 Å². The normalized spacial score (nSPS) is 27.8. The number of fused-ring (bicyclic) bond motifs is 2. The van der Waals surface area contributed by atoms with Gasteiger partial charge in [-0.3, -0.25) is 0 Å². The van der Waals surface area contributed by atoms with Crippen molar-refractivity contribution in [3.63, 3.8) is 0 Å². The van der Waals surface area contributed by atoms with Crippen molar-refractivity contribution in [1.29, 1.82) is 0 Å². The molecule has 0 saturated heterocycles. The van der Waals surface area contributed by atoms with E-state index in [0.29, 0.717) is 17.7 Å². The van der Waals surface area contributed by atoms with Crippen molar-refractivity contribution in [1.82, 2.24) is 0 Å². The third kappa shape index (κ3) is 4.73. The summed E-state index contributed by atoms with van der Waals surface area (Å²) in [5.41, 5.74) is 1.96. The summed E-state index contributed by atoms with van der Waals surface area (Å²) in [5, 5.41) is 30.8. The quantitative estimate of drug-likeness (QED) is 0.543. The molecule has 1 aliphatic heterocycles. The topological polar surface area (TPSA) is 87.0 Å². The summed E-state index contributed by atoms with van der Waals surface area (Å²) in [5.74, 6) is 0.0720. The van der Waals surface area contributed by atoms with Crippen LogP contribution in [0.15, 0.2) is 24.3 Å². The lowest BCUT2D eigenvalue weighted by atomic mass is 9.86. The first-order valence-corrected chi connectivity index (χ1v) is 11.4. The van der Waals surface area contributed by atoms with Crippen molar-refractivity contribution in [2.24, 2.45) is 17.8 Å². The van der Waals surface area contributed by atoms with Gasteiger partial charge in [-0.1, -0.05) is 51.3 Å². The second kappa shape index (κ2) is 9.97. The van der Waals surface area contributed by atoms with Crippen LogP contribution in [0.4, 0.5) is 0 Å². The predicted molar refractivity (Wildman–Crippen MR) is 117 cm³/mol. The molecule has 0 spiro atoms. The van der Waals surface area contributed by atoms with Crippen molar-refractivity contribution in [3.8, 4) is 5.75 Å². The van der Waals surface area contributed by atoms with Gasteiger partial charge in [0.1, 0.15) is 11.9 Å². The third-order valence-electron chi connectivity index (χ3n) is 7.09. The number of hydrogen-bond donors (Lipinski definition) is 3. The predicted octanol–water partition coefficient (Wildman–Crippen LogP) is 4.52. The summed E-state index contributed by atoms with van der Waals surface area (Å²) in [6, 6.07) is 3.52. The Morgan fingerprint density at radius 3 is 2.77 bits per heavy atom. The van der Waals surface area contributed by atoms with E-state index >= 15 is 0 Å². The summed E-state index contributed by atoms with van der Waals surface area (Å²) < 4.78 is 6.31. The van der Waals surface area contributed by atoms with Gasteiger partial charge in [0.05, 0.1) is 17.8 Å². The molecule has 0 amide bonds. The van der Waals surface area contributed by atoms with Crippen LogP contribution in [0, 0.1) is 24.7 Å². The molecular weight excluding hydrogens is 380 g/mol. The minimum atomic E-state index is -0.950. The fourth-order valence-electron chi connectivity index (χ4n) is 5.18. The van der Waals surface area contributed by atoms with Gasteiger partial charge in [0.25, 0.3) is 0 Å². The molecule has 3 rings (SSSR count). The largest absolute Gasteiger partial charge is 0.489 e. The number of aliphatic hydroxyl groups excluding tert-OH is 2. The highest BCUT2D eigenvalue weighted by Crippen LogP contribution is 2.44. The average molecular weight is 417 g/mol. The van der Waals surface area contributed by atoms with Crippen LogP contribution in [0.1, 0.15) is 73.9 Å². The number of hydrogen-bond acceptors (Lipinski definition) is 4. The SMILES string of the molecule is CCCC[C@H](CC)C(O)/C=C/[C@@H]1[C@H]2CCc3ccc(C(=O)O)c(C)c3O[C@H]2C[C@H]1O. The van der Waals surface area contributed by atoms with E-state index in [1.54, 1.807) is 13.0 Å². The lowest BCUT2D eigenvalue weighted by molar-refractivity contribution is 0.0694. The van der Waals surface area contributed by atoms with Crippen LogP contribution in [0.3, 0.4) is 0 Å². The van der Waals surface area contributed by atoms with Gasteiger partial charge in [-0.25, -0.2) is 4.79 Å². The van der Waals surface area contributed by atoms with Gasteiger partial charge >= 0.3 is 5.97 Å². The van der Waals surface area contributed by atoms with Crippen molar-refractivity contribution < 1.29 is 24.9 Å². The van der Waals surface area contributed by atoms with Crippen molar-refractivity contribution >= 4 is 5.97 Å². The van der Waals surface area contributed by atoms with Gasteiger partial charge in [0, 0.05) is 23.8 Å². The molecule has 5 nitrogen and oxygen atoms in total. The summed E-state index contributed by atoms with van der Waals surface area (Å²) >= 11 is 0. The molecule has 1 aromatic rings. The number of carbonyl (C=O) groups is 1. The van der Waals surface area contributed by atoms with Crippen LogP contribution >= 0.6 is 0 Å². The highest BCUT2D eigenvalue weighted by Gasteiger charge is 2.44. The zero-order chi connectivity index (χ0) is 21.8. The number of aliphatic hydroxyl groups is 2. The monoisotopic (exact) mass is 416 g/mol. The molecule has 0 radical (unpaired) electrons. The number of rotatable bonds is 8. The molecule has 3 N–H and O–H groups in total. The van der Waals surface area contributed by atoms with Gasteiger partial charge < -0.3 is 20.1 Å². The Morgan fingerprint density at radius 1 is 1.33 bits per heavy atom. The molecule has 30 heavy (non-hydrogen) atoms. The molecule has 0 bridgehead atoms. The Morgan fingerprint density at radius 2 is 2.10 bits per heavy atom. The van der Waals surface area contributed by atoms with Gasteiger partial charge in [0.2, 0.25) is 0 Å². The maximum absolute atomic E-state index is 11.5. The molecule has 166 valence electrons. The second-order valence-corrected chi connectivity index (χ2v) is 8.96. The highest BCUT2D eigenvalue weighted by molar-refractivity contribution is 5.90. The van der Waals surface area contributed by atoms with Gasteiger partial charge in [0.15, 0.2) is 0 Å². The molecule has 6 atom stereocenters. The smallest absolute Gasteiger partial charge is 0.336 e. The Balaban J connectivity index is 1.75. The van der Waals surface area contributed by atoms with Crippen molar-refractivity contribution in [3.05, 3.63) is 41.0 Å². The lowest BCUT2D eigenvalue weighted by Gasteiger charge is -2.23. The molecule has 1 heterocycles. The summed E-state index contributed by atoms with van der Waals surface area (Å²) in [4.78, 5) is 11.5. The van der Waals surface area contributed by atoms with E-state index in [-0.39, 0.29) is 29.4 Å². The van der Waals surface area contributed by atoms with Gasteiger partial charge in [-0.15, -0.1) is 0 Å². The standard InChI is InChI=1S/C25H36O5/c1-4-6-7-16(5-2)21(26)13-12-19-20-11-9-17-8-10-18(25(28)29)15(3)24(17)30-23(20)14-22(19)27/h8,10,12-13,16,19-23,26-27H,4-7,9,11,14H2,1-3H3,(H,28,29)/b13-12+/t16-,19+,20+,21?,22+,23-/m0/s1. The van der Waals surface area contributed by atoms with E-state index < -0.39 is 18.2 Å². The van der Waals surface area contributed by atoms with Crippen LogP contribution in [0.25, 0.3) is 0 Å². The fraction of sp³-hybridized carbons (Fsp3) is 0.640. The maximum atomic E-state index is 11.5.